The van der Waals surface area contributed by atoms with E-state index in [1.54, 1.807) is 48.5 Å². The summed E-state index contributed by atoms with van der Waals surface area (Å²) in [7, 11) is 0. The van der Waals surface area contributed by atoms with Crippen molar-refractivity contribution in [3.63, 3.8) is 0 Å². The summed E-state index contributed by atoms with van der Waals surface area (Å²) in [6, 6.07) is 15.9. The van der Waals surface area contributed by atoms with Gasteiger partial charge < -0.3 is 15.5 Å². The van der Waals surface area contributed by atoms with E-state index in [1.807, 2.05) is 13.8 Å². The van der Waals surface area contributed by atoms with E-state index in [1.165, 1.54) is 12.1 Å². The summed E-state index contributed by atoms with van der Waals surface area (Å²) in [6.45, 7) is 3.62. The average Bonchev–Trinajstić information content (AvgIpc) is 2.77. The van der Waals surface area contributed by atoms with E-state index in [0.29, 0.717) is 32.5 Å². The van der Waals surface area contributed by atoms with Gasteiger partial charge in [0.2, 0.25) is 5.78 Å². The van der Waals surface area contributed by atoms with Gasteiger partial charge in [0.15, 0.2) is 11.6 Å². The van der Waals surface area contributed by atoms with E-state index in [9.17, 15) is 14.0 Å². The predicted molar refractivity (Wildman–Crippen MR) is 125 cm³/mol. The van der Waals surface area contributed by atoms with Crippen LogP contribution in [0.15, 0.2) is 65.5 Å². The quantitative estimate of drug-likeness (QED) is 0.388. The Morgan fingerprint density at radius 3 is 2.47 bits per heavy atom. The van der Waals surface area contributed by atoms with Gasteiger partial charge in [-0.25, -0.2) is 4.39 Å². The number of rotatable bonds is 5. The Hall–Kier alpha value is -3.64. The molecule has 32 heavy (non-hydrogen) atoms. The van der Waals surface area contributed by atoms with Gasteiger partial charge in [0.05, 0.1) is 11.8 Å². The number of aromatic nitrogens is 1. The second kappa shape index (κ2) is 8.48. The number of aromatic amines is 1. The van der Waals surface area contributed by atoms with Crippen LogP contribution in [0.1, 0.15) is 29.9 Å². The largest absolute Gasteiger partial charge is 0.488 e. The first kappa shape index (κ1) is 21.6. The van der Waals surface area contributed by atoms with Gasteiger partial charge >= 0.3 is 0 Å². The molecule has 0 atom stereocenters. The van der Waals surface area contributed by atoms with Gasteiger partial charge in [-0.2, -0.15) is 0 Å². The topological polar surface area (TPSA) is 85.2 Å². The highest BCUT2D eigenvalue weighted by Gasteiger charge is 2.20. The van der Waals surface area contributed by atoms with Crippen LogP contribution in [0.2, 0.25) is 5.02 Å². The molecule has 3 aromatic carbocycles. The maximum Gasteiger partial charge on any atom is 0.256 e. The fourth-order valence-corrected chi connectivity index (χ4v) is 3.71. The third-order valence-electron chi connectivity index (χ3n) is 5.03. The fourth-order valence-electron chi connectivity index (χ4n) is 3.59. The number of anilines is 1. The lowest BCUT2D eigenvalue weighted by molar-refractivity contribution is 0.103. The minimum atomic E-state index is -0.533. The first-order chi connectivity index (χ1) is 15.3. The number of ketones is 1. The normalized spacial score (nSPS) is 11.2. The van der Waals surface area contributed by atoms with Crippen molar-refractivity contribution in [3.8, 4) is 16.9 Å². The average molecular weight is 451 g/mol. The Balaban J connectivity index is 1.90. The van der Waals surface area contributed by atoms with E-state index >= 15 is 0 Å². The zero-order valence-electron chi connectivity index (χ0n) is 17.4. The zero-order chi connectivity index (χ0) is 23.0. The number of hydrogen-bond acceptors (Lipinski definition) is 4. The van der Waals surface area contributed by atoms with Gasteiger partial charge in [-0.15, -0.1) is 0 Å². The first-order valence-electron chi connectivity index (χ1n) is 9.97. The molecular weight excluding hydrogens is 431 g/mol. The minimum absolute atomic E-state index is 0.0301. The molecule has 1 aromatic heterocycles. The lowest BCUT2D eigenvalue weighted by Gasteiger charge is -2.14. The molecule has 0 bridgehead atoms. The van der Waals surface area contributed by atoms with Gasteiger partial charge in [0.25, 0.3) is 5.56 Å². The molecule has 162 valence electrons. The van der Waals surface area contributed by atoms with Gasteiger partial charge in [0.1, 0.15) is 5.69 Å². The monoisotopic (exact) mass is 450 g/mol. The van der Waals surface area contributed by atoms with Crippen molar-refractivity contribution in [1.29, 1.82) is 0 Å². The van der Waals surface area contributed by atoms with Crippen molar-refractivity contribution in [2.24, 2.45) is 0 Å². The number of carbonyl (C=O) groups is 1. The lowest BCUT2D eigenvalue weighted by Crippen LogP contribution is -2.17. The molecule has 0 aliphatic rings. The van der Waals surface area contributed by atoms with Crippen molar-refractivity contribution in [2.75, 3.05) is 5.73 Å². The molecule has 0 radical (unpaired) electrons. The van der Waals surface area contributed by atoms with Crippen LogP contribution in [0.25, 0.3) is 21.9 Å². The Kier molecular flexibility index (Phi) is 5.72. The molecule has 0 aliphatic heterocycles. The number of nitrogen functional groups attached to an aromatic ring is 1. The summed E-state index contributed by atoms with van der Waals surface area (Å²) < 4.78 is 20.1. The molecule has 4 aromatic rings. The van der Waals surface area contributed by atoms with Gasteiger partial charge in [-0.1, -0.05) is 29.8 Å². The van der Waals surface area contributed by atoms with Crippen molar-refractivity contribution in [2.45, 2.75) is 20.0 Å². The van der Waals surface area contributed by atoms with Crippen LogP contribution in [0, 0.1) is 5.82 Å². The summed E-state index contributed by atoms with van der Waals surface area (Å²) in [5, 5.41) is 1.16. The molecule has 7 heteroatoms. The molecule has 0 amide bonds. The highest BCUT2D eigenvalue weighted by Crippen LogP contribution is 2.35. The molecule has 0 unspecified atom stereocenters. The van der Waals surface area contributed by atoms with Crippen LogP contribution in [-0.2, 0) is 0 Å². The Bertz CT molecular complexity index is 1400. The third kappa shape index (κ3) is 3.97. The molecule has 0 fully saturated rings. The second-order valence-electron chi connectivity index (χ2n) is 7.62. The summed E-state index contributed by atoms with van der Waals surface area (Å²) >= 11 is 5.90. The Morgan fingerprint density at radius 1 is 1.09 bits per heavy atom. The van der Waals surface area contributed by atoms with Crippen molar-refractivity contribution >= 4 is 33.8 Å². The molecular formula is C25H20ClFN2O3. The number of nitrogens with two attached hydrogens (primary N) is 1. The number of carbonyl (C=O) groups excluding carboxylic acids is 1. The van der Waals surface area contributed by atoms with Crippen LogP contribution in [0.4, 0.5) is 10.1 Å². The summed E-state index contributed by atoms with van der Waals surface area (Å²) in [5.74, 6) is -0.845. The molecule has 0 aliphatic carbocycles. The molecule has 0 saturated heterocycles. The van der Waals surface area contributed by atoms with Crippen LogP contribution in [0.5, 0.6) is 5.75 Å². The van der Waals surface area contributed by atoms with Crippen LogP contribution in [-0.4, -0.2) is 16.9 Å². The number of H-pyrrole nitrogens is 1. The minimum Gasteiger partial charge on any atom is -0.488 e. The van der Waals surface area contributed by atoms with Crippen molar-refractivity contribution in [1.82, 2.24) is 4.98 Å². The number of benzene rings is 3. The zero-order valence-corrected chi connectivity index (χ0v) is 18.2. The van der Waals surface area contributed by atoms with E-state index in [-0.39, 0.29) is 23.2 Å². The number of halogens is 2. The molecule has 5 nitrogen and oxygen atoms in total. The number of nitrogens with one attached hydrogen (secondary N) is 1. The maximum absolute atomic E-state index is 14.6. The molecule has 0 saturated carbocycles. The molecule has 0 spiro atoms. The molecule has 4 rings (SSSR count). The third-order valence-corrected chi connectivity index (χ3v) is 5.28. The Morgan fingerprint density at radius 2 is 1.81 bits per heavy atom. The number of ether oxygens (including phenoxy) is 1. The second-order valence-corrected chi connectivity index (χ2v) is 8.06. The molecule has 1 heterocycles. The highest BCUT2D eigenvalue weighted by atomic mass is 35.5. The van der Waals surface area contributed by atoms with E-state index < -0.39 is 17.2 Å². The number of fused-ring (bicyclic) bond motifs is 1. The standard InChI is InChI=1S/C25H20ClFN2O3/c1-13(2)32-20-11-8-15(12-19(20)27)17-4-3-5-18-21(17)22(28)23(29-25(18)31)24(30)14-6-9-16(26)10-7-14/h3-13H,28H2,1-2H3,(H,29,31). The van der Waals surface area contributed by atoms with Gasteiger partial charge in [-0.05, 0) is 67.4 Å². The van der Waals surface area contributed by atoms with Gasteiger partial charge in [-0.3, -0.25) is 9.59 Å². The van der Waals surface area contributed by atoms with Crippen LogP contribution >= 0.6 is 11.6 Å². The van der Waals surface area contributed by atoms with Gasteiger partial charge in [0, 0.05) is 21.4 Å². The van der Waals surface area contributed by atoms with Crippen molar-refractivity contribution < 1.29 is 13.9 Å². The van der Waals surface area contributed by atoms with Crippen molar-refractivity contribution in [3.05, 3.63) is 93.1 Å². The van der Waals surface area contributed by atoms with E-state index in [0.717, 1.165) is 0 Å². The lowest BCUT2D eigenvalue weighted by atomic mass is 9.95. The summed E-state index contributed by atoms with van der Waals surface area (Å²) in [4.78, 5) is 28.4. The predicted octanol–water partition coefficient (Wildman–Crippen LogP) is 5.59. The first-order valence-corrected chi connectivity index (χ1v) is 10.4. The van der Waals surface area contributed by atoms with E-state index in [2.05, 4.69) is 4.98 Å². The van der Waals surface area contributed by atoms with E-state index in [4.69, 9.17) is 22.1 Å². The SMILES string of the molecule is CC(C)Oc1ccc(-c2cccc3c(=O)[nH]c(C(=O)c4ccc(Cl)cc4)c(N)c23)cc1F. The number of hydrogen-bond donors (Lipinski definition) is 2. The number of pyridine rings is 1. The summed E-state index contributed by atoms with van der Waals surface area (Å²) in [5.41, 5.74) is 7.38. The Labute approximate surface area is 188 Å². The highest BCUT2D eigenvalue weighted by molar-refractivity contribution is 6.30. The smallest absolute Gasteiger partial charge is 0.256 e. The fraction of sp³-hybridized carbons (Fsp3) is 0.120. The van der Waals surface area contributed by atoms with Crippen LogP contribution in [0.3, 0.4) is 0 Å². The maximum atomic E-state index is 14.6. The molecule has 3 N–H and O–H groups in total. The van der Waals surface area contributed by atoms with Crippen LogP contribution < -0.4 is 16.0 Å². The summed E-state index contributed by atoms with van der Waals surface area (Å²) in [6.07, 6.45) is -0.177.